The lowest BCUT2D eigenvalue weighted by Crippen LogP contribution is -2.59. The van der Waals surface area contributed by atoms with Crippen molar-refractivity contribution in [2.24, 2.45) is 11.3 Å². The van der Waals surface area contributed by atoms with Gasteiger partial charge in [-0.15, -0.1) is 0 Å². The van der Waals surface area contributed by atoms with E-state index < -0.39 is 0 Å². The van der Waals surface area contributed by atoms with Crippen molar-refractivity contribution in [2.75, 3.05) is 6.61 Å². The highest BCUT2D eigenvalue weighted by atomic mass is 16.5. The van der Waals surface area contributed by atoms with Crippen LogP contribution in [0.25, 0.3) is 0 Å². The first kappa shape index (κ1) is 9.22. The van der Waals surface area contributed by atoms with Crippen molar-refractivity contribution < 1.29 is 9.84 Å². The molecule has 1 aliphatic heterocycles. The number of aliphatic hydroxyl groups is 1. The van der Waals surface area contributed by atoms with Gasteiger partial charge in [-0.3, -0.25) is 0 Å². The second-order valence-corrected chi connectivity index (χ2v) is 5.26. The van der Waals surface area contributed by atoms with E-state index >= 15 is 0 Å². The zero-order chi connectivity index (χ0) is 10.6. The summed E-state index contributed by atoms with van der Waals surface area (Å²) in [7, 11) is 0. The Labute approximate surface area is 89.9 Å². The molecule has 0 saturated heterocycles. The van der Waals surface area contributed by atoms with Gasteiger partial charge in [0.25, 0.3) is 0 Å². The largest absolute Gasteiger partial charge is 0.493 e. The van der Waals surface area contributed by atoms with Crippen molar-refractivity contribution >= 4 is 0 Å². The predicted octanol–water partition coefficient (Wildman–Crippen LogP) is 2.18. The van der Waals surface area contributed by atoms with E-state index in [1.165, 1.54) is 5.56 Å². The zero-order valence-electron chi connectivity index (χ0n) is 9.10. The van der Waals surface area contributed by atoms with Crippen LogP contribution in [0.4, 0.5) is 0 Å². The minimum atomic E-state index is -0.226. The molecule has 1 N–H and O–H groups in total. The highest BCUT2D eigenvalue weighted by Crippen LogP contribution is 2.60. The third-order valence-corrected chi connectivity index (χ3v) is 4.08. The predicted molar refractivity (Wildman–Crippen MR) is 58.0 cm³/mol. The molecule has 0 aromatic heterocycles. The molecule has 2 aliphatic rings. The van der Waals surface area contributed by atoms with Gasteiger partial charge >= 0.3 is 0 Å². The molecule has 1 aliphatic carbocycles. The van der Waals surface area contributed by atoms with Gasteiger partial charge in [-0.05, 0) is 17.0 Å². The number of aliphatic hydroxyl groups excluding tert-OH is 1. The van der Waals surface area contributed by atoms with Crippen molar-refractivity contribution in [2.45, 2.75) is 25.9 Å². The van der Waals surface area contributed by atoms with E-state index in [9.17, 15) is 5.11 Å². The lowest BCUT2D eigenvalue weighted by atomic mass is 9.51. The van der Waals surface area contributed by atoms with Crippen molar-refractivity contribution in [3.05, 3.63) is 29.8 Å². The molecule has 0 amide bonds. The fourth-order valence-electron chi connectivity index (χ4n) is 3.22. The van der Waals surface area contributed by atoms with Crippen LogP contribution >= 0.6 is 0 Å². The molecular weight excluding hydrogens is 188 g/mol. The monoisotopic (exact) mass is 204 g/mol. The van der Waals surface area contributed by atoms with Crippen LogP contribution in [0.15, 0.2) is 24.3 Å². The molecule has 80 valence electrons. The Bertz CT molecular complexity index is 397. The molecule has 1 aromatic rings. The van der Waals surface area contributed by atoms with E-state index in [2.05, 4.69) is 19.9 Å². The van der Waals surface area contributed by atoms with Crippen LogP contribution in [-0.2, 0) is 0 Å². The van der Waals surface area contributed by atoms with Gasteiger partial charge < -0.3 is 9.84 Å². The summed E-state index contributed by atoms with van der Waals surface area (Å²) in [6.07, 6.45) is -0.226. The fourth-order valence-corrected chi connectivity index (χ4v) is 3.22. The maximum absolute atomic E-state index is 10.0. The molecule has 1 fully saturated rings. The van der Waals surface area contributed by atoms with Crippen LogP contribution in [0.2, 0.25) is 0 Å². The average molecular weight is 204 g/mol. The van der Waals surface area contributed by atoms with E-state index in [0.717, 1.165) is 5.75 Å². The SMILES string of the molecule is CC1(C)C(O)C2COc3ccccc3C21. The molecule has 1 aromatic carbocycles. The van der Waals surface area contributed by atoms with Crippen LogP contribution in [0.3, 0.4) is 0 Å². The highest BCUT2D eigenvalue weighted by molar-refractivity contribution is 5.42. The van der Waals surface area contributed by atoms with Crippen LogP contribution in [0, 0.1) is 11.3 Å². The number of fused-ring (bicyclic) bond motifs is 3. The molecular formula is C13H16O2. The first-order valence-corrected chi connectivity index (χ1v) is 5.52. The molecule has 1 heterocycles. The molecule has 2 heteroatoms. The van der Waals surface area contributed by atoms with Gasteiger partial charge in [-0.2, -0.15) is 0 Å². The number of ether oxygens (including phenoxy) is 1. The van der Waals surface area contributed by atoms with Crippen LogP contribution in [0.1, 0.15) is 25.3 Å². The molecule has 15 heavy (non-hydrogen) atoms. The van der Waals surface area contributed by atoms with E-state index in [4.69, 9.17) is 4.74 Å². The quantitative estimate of drug-likeness (QED) is 0.702. The van der Waals surface area contributed by atoms with Crippen LogP contribution < -0.4 is 4.74 Å². The van der Waals surface area contributed by atoms with Crippen LogP contribution in [0.5, 0.6) is 5.75 Å². The van der Waals surface area contributed by atoms with Crippen LogP contribution in [-0.4, -0.2) is 17.8 Å². The minimum Gasteiger partial charge on any atom is -0.493 e. The third-order valence-electron chi connectivity index (χ3n) is 4.08. The lowest BCUT2D eigenvalue weighted by Gasteiger charge is -2.58. The molecule has 1 saturated carbocycles. The van der Waals surface area contributed by atoms with E-state index in [0.29, 0.717) is 12.5 Å². The number of benzene rings is 1. The Morgan fingerprint density at radius 3 is 2.87 bits per heavy atom. The maximum atomic E-state index is 10.0. The third kappa shape index (κ3) is 1.03. The van der Waals surface area contributed by atoms with E-state index in [1.807, 2.05) is 18.2 Å². The molecule has 3 rings (SSSR count). The molecule has 0 radical (unpaired) electrons. The number of rotatable bonds is 0. The summed E-state index contributed by atoms with van der Waals surface area (Å²) in [6.45, 7) is 4.94. The number of hydrogen-bond acceptors (Lipinski definition) is 2. The topological polar surface area (TPSA) is 29.5 Å². The summed E-state index contributed by atoms with van der Waals surface area (Å²) in [5.41, 5.74) is 1.26. The summed E-state index contributed by atoms with van der Waals surface area (Å²) >= 11 is 0. The highest BCUT2D eigenvalue weighted by Gasteiger charge is 2.58. The first-order valence-electron chi connectivity index (χ1n) is 5.52. The standard InChI is InChI=1S/C13H16O2/c1-13(2)11-8-5-3-4-6-10(8)15-7-9(11)12(13)14/h3-6,9,11-12,14H,7H2,1-2H3. The van der Waals surface area contributed by atoms with Gasteiger partial charge in [-0.1, -0.05) is 32.0 Å². The Balaban J connectivity index is 2.07. The van der Waals surface area contributed by atoms with Crippen molar-refractivity contribution in [3.8, 4) is 5.75 Å². The van der Waals surface area contributed by atoms with Gasteiger partial charge in [0.05, 0.1) is 12.7 Å². The van der Waals surface area contributed by atoms with Gasteiger partial charge in [0.1, 0.15) is 5.75 Å². The molecule has 0 spiro atoms. The smallest absolute Gasteiger partial charge is 0.122 e. The van der Waals surface area contributed by atoms with Gasteiger partial charge in [-0.25, -0.2) is 0 Å². The average Bonchev–Trinajstić information content (AvgIpc) is 2.26. The fraction of sp³-hybridized carbons (Fsp3) is 0.538. The molecule has 0 bridgehead atoms. The van der Waals surface area contributed by atoms with Gasteiger partial charge in [0, 0.05) is 11.8 Å². The minimum absolute atomic E-state index is 0.00938. The normalized spacial score (nSPS) is 35.8. The molecule has 3 atom stereocenters. The number of hydrogen-bond donors (Lipinski definition) is 1. The second-order valence-electron chi connectivity index (χ2n) is 5.26. The Hall–Kier alpha value is -1.02. The number of para-hydroxylation sites is 1. The summed E-state index contributed by atoms with van der Waals surface area (Å²) in [4.78, 5) is 0. The Morgan fingerprint density at radius 2 is 2.07 bits per heavy atom. The van der Waals surface area contributed by atoms with Crippen molar-refractivity contribution in [1.82, 2.24) is 0 Å². The first-order chi connectivity index (χ1) is 7.12. The van der Waals surface area contributed by atoms with E-state index in [1.54, 1.807) is 0 Å². The zero-order valence-corrected chi connectivity index (χ0v) is 9.10. The van der Waals surface area contributed by atoms with Crippen molar-refractivity contribution in [1.29, 1.82) is 0 Å². The molecule has 2 nitrogen and oxygen atoms in total. The van der Waals surface area contributed by atoms with Gasteiger partial charge in [0.2, 0.25) is 0 Å². The lowest BCUT2D eigenvalue weighted by molar-refractivity contribution is -0.144. The maximum Gasteiger partial charge on any atom is 0.122 e. The van der Waals surface area contributed by atoms with E-state index in [-0.39, 0.29) is 17.4 Å². The Kier molecular flexibility index (Phi) is 1.70. The Morgan fingerprint density at radius 1 is 1.33 bits per heavy atom. The molecule has 3 unspecified atom stereocenters. The van der Waals surface area contributed by atoms with Gasteiger partial charge in [0.15, 0.2) is 0 Å². The summed E-state index contributed by atoms with van der Waals surface area (Å²) < 4.78 is 5.66. The van der Waals surface area contributed by atoms with Crippen molar-refractivity contribution in [3.63, 3.8) is 0 Å². The second kappa shape index (κ2) is 2.76. The summed E-state index contributed by atoms with van der Waals surface area (Å²) in [6, 6.07) is 8.19. The summed E-state index contributed by atoms with van der Waals surface area (Å²) in [5.74, 6) is 1.74. The summed E-state index contributed by atoms with van der Waals surface area (Å²) in [5, 5.41) is 10.0.